The number of hydrogen-bond donors (Lipinski definition) is 2. The van der Waals surface area contributed by atoms with Gasteiger partial charge in [-0.15, -0.1) is 0 Å². The Bertz CT molecular complexity index is 311. The lowest BCUT2D eigenvalue weighted by Crippen LogP contribution is -2.04. The zero-order valence-corrected chi connectivity index (χ0v) is 14.8. The molecule has 0 spiro atoms. The van der Waals surface area contributed by atoms with Crippen molar-refractivity contribution >= 4 is 5.91 Å². The highest BCUT2D eigenvalue weighted by molar-refractivity contribution is 5.85. The second kappa shape index (κ2) is 19.0. The third-order valence-electron chi connectivity index (χ3n) is 4.04. The van der Waals surface area contributed by atoms with E-state index in [4.69, 9.17) is 10.8 Å². The monoisotopic (exact) mass is 323 g/mol. The molecule has 0 aliphatic heterocycles. The standard InChI is InChI=1S/C20H37NO2/c21-20(23)18-16-14-12-10-8-6-4-2-1-3-5-7-9-11-13-15-17-19-22/h12,14,16,18,22H,1-11,13,15,17,19H2,(H2,21,23). The fourth-order valence-electron chi connectivity index (χ4n) is 2.64. The quantitative estimate of drug-likeness (QED) is 0.224. The molecule has 0 aromatic rings. The van der Waals surface area contributed by atoms with Gasteiger partial charge in [-0.05, 0) is 19.3 Å². The van der Waals surface area contributed by atoms with Gasteiger partial charge in [0.15, 0.2) is 0 Å². The van der Waals surface area contributed by atoms with E-state index >= 15 is 0 Å². The molecule has 0 bridgehead atoms. The third kappa shape index (κ3) is 20.9. The van der Waals surface area contributed by atoms with Crippen LogP contribution in [0.3, 0.4) is 0 Å². The van der Waals surface area contributed by atoms with Crippen LogP contribution in [0.2, 0.25) is 0 Å². The lowest BCUT2D eigenvalue weighted by molar-refractivity contribution is -0.113. The van der Waals surface area contributed by atoms with Gasteiger partial charge in [0, 0.05) is 12.7 Å². The molecule has 0 rings (SSSR count). The Labute approximate surface area is 143 Å². The molecule has 3 N–H and O–H groups in total. The molecule has 1 amide bonds. The average molecular weight is 324 g/mol. The van der Waals surface area contributed by atoms with Gasteiger partial charge in [-0.1, -0.05) is 88.9 Å². The van der Waals surface area contributed by atoms with E-state index in [0.717, 1.165) is 12.8 Å². The molecule has 0 saturated heterocycles. The van der Waals surface area contributed by atoms with Crippen LogP contribution in [0.15, 0.2) is 24.3 Å². The van der Waals surface area contributed by atoms with Crippen molar-refractivity contribution in [1.29, 1.82) is 0 Å². The number of allylic oxidation sites excluding steroid dienone is 3. The van der Waals surface area contributed by atoms with E-state index in [2.05, 4.69) is 6.08 Å². The van der Waals surface area contributed by atoms with Crippen molar-refractivity contribution in [2.24, 2.45) is 5.73 Å². The Morgan fingerprint density at radius 2 is 1.13 bits per heavy atom. The molecule has 134 valence electrons. The molecule has 0 aliphatic carbocycles. The molecule has 0 fully saturated rings. The molecule has 3 heteroatoms. The number of aliphatic hydroxyl groups is 1. The van der Waals surface area contributed by atoms with Gasteiger partial charge in [0.2, 0.25) is 5.91 Å². The molecule has 0 aromatic heterocycles. The van der Waals surface area contributed by atoms with Crippen LogP contribution >= 0.6 is 0 Å². The van der Waals surface area contributed by atoms with Gasteiger partial charge < -0.3 is 10.8 Å². The number of rotatable bonds is 17. The van der Waals surface area contributed by atoms with Crippen molar-refractivity contribution < 1.29 is 9.90 Å². The van der Waals surface area contributed by atoms with Crippen LogP contribution in [0.1, 0.15) is 89.9 Å². The first-order chi connectivity index (χ1) is 11.3. The van der Waals surface area contributed by atoms with Gasteiger partial charge in [-0.25, -0.2) is 0 Å². The van der Waals surface area contributed by atoms with Gasteiger partial charge >= 0.3 is 0 Å². The predicted molar refractivity (Wildman–Crippen MR) is 99.2 cm³/mol. The normalized spacial score (nSPS) is 11.7. The summed E-state index contributed by atoms with van der Waals surface area (Å²) in [7, 11) is 0. The zero-order valence-electron chi connectivity index (χ0n) is 14.8. The van der Waals surface area contributed by atoms with Crippen LogP contribution in [0.4, 0.5) is 0 Å². The minimum absolute atomic E-state index is 0.350. The number of primary amides is 1. The largest absolute Gasteiger partial charge is 0.396 e. The number of amides is 1. The fourth-order valence-corrected chi connectivity index (χ4v) is 2.64. The predicted octanol–water partition coefficient (Wildman–Crippen LogP) is 5.04. The van der Waals surface area contributed by atoms with Crippen molar-refractivity contribution in [1.82, 2.24) is 0 Å². The maximum absolute atomic E-state index is 10.5. The van der Waals surface area contributed by atoms with E-state index in [-0.39, 0.29) is 0 Å². The molecule has 0 heterocycles. The number of carbonyl (C=O) groups is 1. The van der Waals surface area contributed by atoms with Crippen LogP contribution in [-0.2, 0) is 4.79 Å². The van der Waals surface area contributed by atoms with Crippen LogP contribution in [0, 0.1) is 0 Å². The highest BCUT2D eigenvalue weighted by atomic mass is 16.2. The molecule has 0 unspecified atom stereocenters. The van der Waals surface area contributed by atoms with Crippen LogP contribution in [0.25, 0.3) is 0 Å². The number of aliphatic hydroxyl groups excluding tert-OH is 1. The lowest BCUT2D eigenvalue weighted by atomic mass is 10.0. The number of unbranched alkanes of at least 4 members (excludes halogenated alkanes) is 13. The van der Waals surface area contributed by atoms with Crippen LogP contribution in [-0.4, -0.2) is 17.6 Å². The van der Waals surface area contributed by atoms with Crippen LogP contribution in [0.5, 0.6) is 0 Å². The summed E-state index contributed by atoms with van der Waals surface area (Å²) in [5, 5.41) is 8.69. The van der Waals surface area contributed by atoms with E-state index in [9.17, 15) is 4.79 Å². The molecule has 23 heavy (non-hydrogen) atoms. The molecular formula is C20H37NO2. The van der Waals surface area contributed by atoms with E-state index in [1.807, 2.05) is 6.08 Å². The number of carbonyl (C=O) groups excluding carboxylic acids is 1. The Balaban J connectivity index is 3.09. The van der Waals surface area contributed by atoms with Crippen LogP contribution < -0.4 is 5.73 Å². The first kappa shape index (κ1) is 21.9. The van der Waals surface area contributed by atoms with E-state index in [1.54, 1.807) is 6.08 Å². The summed E-state index contributed by atoms with van der Waals surface area (Å²) in [6.45, 7) is 0.350. The van der Waals surface area contributed by atoms with Crippen molar-refractivity contribution in [2.45, 2.75) is 89.9 Å². The maximum atomic E-state index is 10.5. The molecule has 0 aliphatic rings. The smallest absolute Gasteiger partial charge is 0.241 e. The summed E-state index contributed by atoms with van der Waals surface area (Å²) < 4.78 is 0. The highest BCUT2D eigenvalue weighted by Gasteiger charge is 1.93. The Kier molecular flexibility index (Phi) is 18.1. The molecule has 0 saturated carbocycles. The molecule has 0 aromatic carbocycles. The SMILES string of the molecule is NC(=O)C=CC=CCCCCCCCCCCCCCCCO. The van der Waals surface area contributed by atoms with Crippen molar-refractivity contribution in [3.63, 3.8) is 0 Å². The second-order valence-corrected chi connectivity index (χ2v) is 6.30. The van der Waals surface area contributed by atoms with E-state index in [1.165, 1.54) is 83.1 Å². The van der Waals surface area contributed by atoms with Gasteiger partial charge in [0.25, 0.3) is 0 Å². The summed E-state index contributed by atoms with van der Waals surface area (Å²) in [5.41, 5.74) is 5.00. The number of nitrogens with two attached hydrogens (primary N) is 1. The minimum atomic E-state index is -0.392. The summed E-state index contributed by atoms with van der Waals surface area (Å²) >= 11 is 0. The Morgan fingerprint density at radius 3 is 1.57 bits per heavy atom. The summed E-state index contributed by atoms with van der Waals surface area (Å²) in [5.74, 6) is -0.392. The average Bonchev–Trinajstić information content (AvgIpc) is 2.53. The van der Waals surface area contributed by atoms with E-state index < -0.39 is 5.91 Å². The lowest BCUT2D eigenvalue weighted by Gasteiger charge is -2.02. The first-order valence-electron chi connectivity index (χ1n) is 9.51. The maximum Gasteiger partial charge on any atom is 0.241 e. The van der Waals surface area contributed by atoms with Gasteiger partial charge in [-0.3, -0.25) is 4.79 Å². The molecular weight excluding hydrogens is 286 g/mol. The second-order valence-electron chi connectivity index (χ2n) is 6.30. The summed E-state index contributed by atoms with van der Waals surface area (Å²) in [4.78, 5) is 10.5. The fraction of sp³-hybridized carbons (Fsp3) is 0.750. The van der Waals surface area contributed by atoms with Gasteiger partial charge in [0.05, 0.1) is 0 Å². The summed E-state index contributed by atoms with van der Waals surface area (Å²) in [6, 6.07) is 0. The Hall–Kier alpha value is -1.09. The van der Waals surface area contributed by atoms with Crippen molar-refractivity contribution in [3.8, 4) is 0 Å². The van der Waals surface area contributed by atoms with Gasteiger partial charge in [0.1, 0.15) is 0 Å². The topological polar surface area (TPSA) is 63.3 Å². The third-order valence-corrected chi connectivity index (χ3v) is 4.04. The first-order valence-corrected chi connectivity index (χ1v) is 9.51. The zero-order chi connectivity index (χ0) is 17.0. The summed E-state index contributed by atoms with van der Waals surface area (Å²) in [6.07, 6.45) is 25.1. The Morgan fingerprint density at radius 1 is 0.696 bits per heavy atom. The molecule has 0 atom stereocenters. The minimum Gasteiger partial charge on any atom is -0.396 e. The van der Waals surface area contributed by atoms with Crippen molar-refractivity contribution in [3.05, 3.63) is 24.3 Å². The highest BCUT2D eigenvalue weighted by Crippen LogP contribution is 2.12. The van der Waals surface area contributed by atoms with Crippen molar-refractivity contribution in [2.75, 3.05) is 6.61 Å². The molecule has 0 radical (unpaired) electrons. The van der Waals surface area contributed by atoms with E-state index in [0.29, 0.717) is 6.61 Å². The number of hydrogen-bond acceptors (Lipinski definition) is 2. The molecule has 3 nitrogen and oxygen atoms in total. The van der Waals surface area contributed by atoms with Gasteiger partial charge in [-0.2, -0.15) is 0 Å².